The zero-order chi connectivity index (χ0) is 79.1. The van der Waals surface area contributed by atoms with Crippen LogP contribution in [0.4, 0.5) is 17.1 Å². The third kappa shape index (κ3) is 11.6. The van der Waals surface area contributed by atoms with Crippen LogP contribution in [0.1, 0.15) is 0 Å². The van der Waals surface area contributed by atoms with Crippen LogP contribution in [0.15, 0.2) is 461 Å². The molecule has 5 aromatic heterocycles. The minimum absolute atomic E-state index is 1.11. The van der Waals surface area contributed by atoms with Gasteiger partial charge in [0.05, 0.1) is 55.2 Å². The van der Waals surface area contributed by atoms with E-state index in [1.54, 1.807) is 0 Å². The molecule has 24 aromatic rings. The molecule has 24 rings (SSSR count). The molecular formula is C114H76N6. The van der Waals surface area contributed by atoms with Crippen molar-refractivity contribution in [3.05, 3.63) is 461 Å². The van der Waals surface area contributed by atoms with E-state index in [2.05, 4.69) is 489 Å². The molecule has 0 fully saturated rings. The fraction of sp³-hybridized carbons (Fsp3) is 0. The van der Waals surface area contributed by atoms with Gasteiger partial charge in [-0.25, -0.2) is 0 Å². The van der Waals surface area contributed by atoms with E-state index in [-0.39, 0.29) is 0 Å². The van der Waals surface area contributed by atoms with Crippen LogP contribution in [0.5, 0.6) is 0 Å². The van der Waals surface area contributed by atoms with Gasteiger partial charge in [-0.05, 0) is 213 Å². The van der Waals surface area contributed by atoms with Crippen LogP contribution in [0.25, 0.3) is 193 Å². The van der Waals surface area contributed by atoms with Gasteiger partial charge in [0.2, 0.25) is 0 Å². The molecule has 6 nitrogen and oxygen atoms in total. The van der Waals surface area contributed by atoms with Crippen molar-refractivity contribution in [2.45, 2.75) is 0 Å². The number of nitrogens with zero attached hydrogens (tertiary/aromatic N) is 6. The Balaban J connectivity index is 0.000000141. The highest BCUT2D eigenvalue weighted by Crippen LogP contribution is 2.50. The molecule has 0 saturated heterocycles. The Kier molecular flexibility index (Phi) is 16.8. The summed E-state index contributed by atoms with van der Waals surface area (Å²) in [6, 6.07) is 167. The highest BCUT2D eigenvalue weighted by Gasteiger charge is 2.28. The summed E-state index contributed by atoms with van der Waals surface area (Å²) in [6.45, 7) is 0. The summed E-state index contributed by atoms with van der Waals surface area (Å²) in [5.74, 6) is 0. The molecule has 0 saturated carbocycles. The summed E-state index contributed by atoms with van der Waals surface area (Å²) in [5, 5.41) is 12.3. The van der Waals surface area contributed by atoms with Gasteiger partial charge in [-0.1, -0.05) is 303 Å². The maximum absolute atomic E-state index is 2.49. The Morgan fingerprint density at radius 3 is 0.775 bits per heavy atom. The van der Waals surface area contributed by atoms with Gasteiger partial charge < -0.3 is 27.7 Å². The Morgan fingerprint density at radius 2 is 0.392 bits per heavy atom. The monoisotopic (exact) mass is 1530 g/mol. The van der Waals surface area contributed by atoms with Crippen LogP contribution in [-0.4, -0.2) is 22.8 Å². The first kappa shape index (κ1) is 69.5. The molecule has 0 aliphatic heterocycles. The van der Waals surface area contributed by atoms with Crippen LogP contribution in [0.3, 0.4) is 0 Å². The van der Waals surface area contributed by atoms with Crippen LogP contribution in [-0.2, 0) is 0 Å². The Hall–Kier alpha value is -16.0. The number of rotatable bonds is 13. The maximum atomic E-state index is 2.49. The SMILES string of the molecule is c1ccc(-c2ccc(-n3c4ccccc4c4c(-c5ccc(N(c6ccccc6)c6ccccc6)cc5)cc5c6ccccc6n(-c6ccccc6)c5c43)cc2)cc1.c1ccc(-c2ccc3c(c2)c2cc(-c4ccccc4)ccc2n3-c2ccc(-c3cc4c5ccccc5n(-c5ccccc5)c4c4c3c3ccccc3n4-c3ccccc3)cc2)cc1. The van der Waals surface area contributed by atoms with E-state index in [9.17, 15) is 0 Å². The van der Waals surface area contributed by atoms with Gasteiger partial charge in [0.15, 0.2) is 0 Å². The number of aromatic nitrogens is 5. The van der Waals surface area contributed by atoms with Crippen molar-refractivity contribution in [2.24, 2.45) is 0 Å². The summed E-state index contributed by atoms with van der Waals surface area (Å²) in [5.41, 5.74) is 33.0. The quantitative estimate of drug-likeness (QED) is 0.113. The van der Waals surface area contributed by atoms with E-state index >= 15 is 0 Å². The van der Waals surface area contributed by atoms with Crippen LogP contribution in [0, 0.1) is 0 Å². The van der Waals surface area contributed by atoms with Crippen molar-refractivity contribution >= 4 is 126 Å². The fourth-order valence-electron chi connectivity index (χ4n) is 19.0. The topological polar surface area (TPSA) is 27.9 Å². The van der Waals surface area contributed by atoms with Gasteiger partial charge >= 0.3 is 0 Å². The van der Waals surface area contributed by atoms with E-state index < -0.39 is 0 Å². The summed E-state index contributed by atoms with van der Waals surface area (Å²) >= 11 is 0. The molecule has 0 unspecified atom stereocenters. The smallest absolute Gasteiger partial charge is 0.0795 e. The molecule has 19 aromatic carbocycles. The van der Waals surface area contributed by atoms with E-state index in [0.717, 1.165) is 45.5 Å². The molecule has 0 amide bonds. The van der Waals surface area contributed by atoms with Crippen molar-refractivity contribution in [3.8, 4) is 84.1 Å². The van der Waals surface area contributed by atoms with Crippen molar-refractivity contribution in [2.75, 3.05) is 4.90 Å². The van der Waals surface area contributed by atoms with Gasteiger partial charge in [0.25, 0.3) is 0 Å². The summed E-state index contributed by atoms with van der Waals surface area (Å²) < 4.78 is 12.3. The summed E-state index contributed by atoms with van der Waals surface area (Å²) in [7, 11) is 0. The number of benzene rings is 19. The number of para-hydroxylation sites is 9. The maximum Gasteiger partial charge on any atom is 0.0795 e. The first-order valence-electron chi connectivity index (χ1n) is 41.2. The van der Waals surface area contributed by atoms with E-state index in [1.165, 1.54) is 165 Å². The molecular weight excluding hydrogens is 1450 g/mol. The highest BCUT2D eigenvalue weighted by atomic mass is 15.1. The first-order chi connectivity index (χ1) is 59.6. The molecule has 0 N–H and O–H groups in total. The molecule has 0 radical (unpaired) electrons. The van der Waals surface area contributed by atoms with Crippen molar-refractivity contribution in [1.82, 2.24) is 22.8 Å². The predicted octanol–water partition coefficient (Wildman–Crippen LogP) is 30.7. The molecule has 0 aliphatic rings. The van der Waals surface area contributed by atoms with Gasteiger partial charge in [0.1, 0.15) is 0 Å². The Labute approximate surface area is 694 Å². The second-order valence-corrected chi connectivity index (χ2v) is 31.0. The molecule has 5 heterocycles. The number of fused-ring (bicyclic) bond motifs is 17. The van der Waals surface area contributed by atoms with Crippen molar-refractivity contribution in [3.63, 3.8) is 0 Å². The lowest BCUT2D eigenvalue weighted by Gasteiger charge is -2.25. The lowest BCUT2D eigenvalue weighted by atomic mass is 9.96. The fourth-order valence-corrected chi connectivity index (χ4v) is 19.0. The van der Waals surface area contributed by atoms with Crippen molar-refractivity contribution in [1.29, 1.82) is 0 Å². The third-order valence-electron chi connectivity index (χ3n) is 24.3. The standard InChI is InChI=1S/C60H39N3.C54H37N3/c1-5-17-40(18-6-1)43-31-35-56-51(37-43)52-38-44(41-19-7-2-8-20-41)32-36-57(52)61(56)47-33-29-42(30-34-47)50-39-53-48-25-13-15-27-54(48)62(45-21-9-3-10-22-45)59(53)60-58(50)49-26-14-16-28-55(49)63(60)46-23-11-4-12-24-46;1-5-17-38(18-6-1)39-29-33-45(34-30-39)57-51-28-16-14-26-47(51)52-48(37-49-46-25-13-15-27-50(46)56(53(49)54(52)57)43-23-11-4-12-24-43)40-31-35-44(36-32-40)55(41-19-7-2-8-20-41)42-21-9-3-10-22-42/h1-39H;1-37H. The zero-order valence-electron chi connectivity index (χ0n) is 65.6. The second-order valence-electron chi connectivity index (χ2n) is 31.0. The van der Waals surface area contributed by atoms with Crippen molar-refractivity contribution < 1.29 is 0 Å². The second kappa shape index (κ2) is 29.1. The van der Waals surface area contributed by atoms with E-state index in [0.29, 0.717) is 0 Å². The first-order valence-corrected chi connectivity index (χ1v) is 41.2. The molecule has 120 heavy (non-hydrogen) atoms. The van der Waals surface area contributed by atoms with E-state index in [1.807, 2.05) is 0 Å². The Bertz CT molecular complexity index is 7850. The lowest BCUT2D eigenvalue weighted by Crippen LogP contribution is -2.09. The normalized spacial score (nSPS) is 11.7. The minimum Gasteiger partial charge on any atom is -0.311 e. The number of hydrogen-bond donors (Lipinski definition) is 0. The number of anilines is 3. The summed E-state index contributed by atoms with van der Waals surface area (Å²) in [6.07, 6.45) is 0. The largest absolute Gasteiger partial charge is 0.311 e. The van der Waals surface area contributed by atoms with Crippen LogP contribution < -0.4 is 4.90 Å². The number of hydrogen-bond acceptors (Lipinski definition) is 1. The van der Waals surface area contributed by atoms with Gasteiger partial charge in [-0.15, -0.1) is 0 Å². The van der Waals surface area contributed by atoms with Gasteiger partial charge in [0, 0.05) is 99.4 Å². The van der Waals surface area contributed by atoms with Crippen LogP contribution in [0.2, 0.25) is 0 Å². The molecule has 0 aliphatic carbocycles. The molecule has 562 valence electrons. The summed E-state index contributed by atoms with van der Waals surface area (Å²) in [4.78, 5) is 2.32. The molecule has 6 heteroatoms. The zero-order valence-corrected chi connectivity index (χ0v) is 65.6. The van der Waals surface area contributed by atoms with Gasteiger partial charge in [-0.3, -0.25) is 0 Å². The molecule has 0 spiro atoms. The average molecular weight is 1530 g/mol. The molecule has 0 bridgehead atoms. The lowest BCUT2D eigenvalue weighted by molar-refractivity contribution is 1.15. The Morgan fingerprint density at radius 1 is 0.142 bits per heavy atom. The average Bonchev–Trinajstić information content (AvgIpc) is 1.54. The van der Waals surface area contributed by atoms with Crippen LogP contribution >= 0.6 is 0 Å². The van der Waals surface area contributed by atoms with E-state index in [4.69, 9.17) is 0 Å². The predicted molar refractivity (Wildman–Crippen MR) is 506 cm³/mol. The highest BCUT2D eigenvalue weighted by molar-refractivity contribution is 6.30. The third-order valence-corrected chi connectivity index (χ3v) is 24.3. The molecule has 0 atom stereocenters. The minimum atomic E-state index is 1.11. The van der Waals surface area contributed by atoms with Gasteiger partial charge in [-0.2, -0.15) is 0 Å².